The Bertz CT molecular complexity index is 353. The first kappa shape index (κ1) is 13.5. The molecule has 1 aliphatic carbocycles. The second kappa shape index (κ2) is 6.88. The van der Waals surface area contributed by atoms with Gasteiger partial charge in [-0.05, 0) is 18.8 Å². The monoisotopic (exact) mass is 250 g/mol. The maximum atomic E-state index is 5.71. The molecule has 0 aliphatic heterocycles. The van der Waals surface area contributed by atoms with Crippen molar-refractivity contribution in [3.8, 4) is 0 Å². The number of nitrogens with two attached hydrogens (primary N) is 1. The van der Waals surface area contributed by atoms with E-state index in [4.69, 9.17) is 5.73 Å². The molecular formula is C14H26N4. The summed E-state index contributed by atoms with van der Waals surface area (Å²) < 4.78 is 2.23. The van der Waals surface area contributed by atoms with Crippen LogP contribution in [0.15, 0.2) is 0 Å². The van der Waals surface area contributed by atoms with E-state index >= 15 is 0 Å². The lowest BCUT2D eigenvalue weighted by molar-refractivity contribution is 0.335. The van der Waals surface area contributed by atoms with Crippen molar-refractivity contribution in [3.63, 3.8) is 0 Å². The van der Waals surface area contributed by atoms with Crippen LogP contribution in [-0.2, 0) is 19.5 Å². The molecule has 2 rings (SSSR count). The van der Waals surface area contributed by atoms with Crippen molar-refractivity contribution < 1.29 is 0 Å². The lowest BCUT2D eigenvalue weighted by atomic mass is 9.86. The molecule has 0 unspecified atom stereocenters. The third kappa shape index (κ3) is 3.31. The van der Waals surface area contributed by atoms with E-state index in [9.17, 15) is 0 Å². The number of nitrogens with zero attached hydrogens (tertiary/aromatic N) is 3. The van der Waals surface area contributed by atoms with Gasteiger partial charge in [-0.2, -0.15) is 0 Å². The Labute approximate surface area is 110 Å². The normalized spacial score (nSPS) is 17.2. The molecule has 0 atom stereocenters. The third-order valence-electron chi connectivity index (χ3n) is 4.03. The minimum absolute atomic E-state index is 0.496. The molecule has 0 amide bonds. The van der Waals surface area contributed by atoms with Gasteiger partial charge in [-0.25, -0.2) is 0 Å². The summed E-state index contributed by atoms with van der Waals surface area (Å²) in [5.41, 5.74) is 5.71. The molecular weight excluding hydrogens is 224 g/mol. The highest BCUT2D eigenvalue weighted by Crippen LogP contribution is 2.27. The van der Waals surface area contributed by atoms with E-state index in [0.29, 0.717) is 6.54 Å². The summed E-state index contributed by atoms with van der Waals surface area (Å²) in [6.45, 7) is 3.68. The van der Waals surface area contributed by atoms with E-state index in [1.807, 2.05) is 0 Å². The average Bonchev–Trinajstić information content (AvgIpc) is 2.80. The summed E-state index contributed by atoms with van der Waals surface area (Å²) in [5, 5.41) is 8.53. The second-order valence-corrected chi connectivity index (χ2v) is 5.43. The Hall–Kier alpha value is -0.900. The summed E-state index contributed by atoms with van der Waals surface area (Å²) in [6.07, 6.45) is 10.5. The molecule has 0 bridgehead atoms. The lowest BCUT2D eigenvalue weighted by Crippen LogP contribution is -2.13. The topological polar surface area (TPSA) is 56.7 Å². The minimum atomic E-state index is 0.496. The van der Waals surface area contributed by atoms with Gasteiger partial charge in [0.05, 0.1) is 6.54 Å². The molecule has 1 aliphatic rings. The smallest absolute Gasteiger partial charge is 0.146 e. The van der Waals surface area contributed by atoms with Crippen LogP contribution in [0.25, 0.3) is 0 Å². The zero-order valence-electron chi connectivity index (χ0n) is 11.6. The first-order valence-corrected chi connectivity index (χ1v) is 7.46. The molecule has 4 nitrogen and oxygen atoms in total. The van der Waals surface area contributed by atoms with E-state index < -0.39 is 0 Å². The van der Waals surface area contributed by atoms with Gasteiger partial charge in [0, 0.05) is 13.0 Å². The quantitative estimate of drug-likeness (QED) is 0.844. The second-order valence-electron chi connectivity index (χ2n) is 5.43. The molecule has 102 valence electrons. The van der Waals surface area contributed by atoms with Gasteiger partial charge in [-0.15, -0.1) is 10.2 Å². The van der Waals surface area contributed by atoms with Crippen molar-refractivity contribution >= 4 is 0 Å². The van der Waals surface area contributed by atoms with E-state index in [1.165, 1.54) is 38.5 Å². The largest absolute Gasteiger partial charge is 0.324 e. The van der Waals surface area contributed by atoms with Crippen molar-refractivity contribution in [1.82, 2.24) is 14.8 Å². The van der Waals surface area contributed by atoms with Gasteiger partial charge in [0.2, 0.25) is 0 Å². The van der Waals surface area contributed by atoms with Gasteiger partial charge in [0.15, 0.2) is 0 Å². The molecule has 1 fully saturated rings. The molecule has 0 radical (unpaired) electrons. The van der Waals surface area contributed by atoms with Crippen LogP contribution < -0.4 is 5.73 Å². The summed E-state index contributed by atoms with van der Waals surface area (Å²) in [5.74, 6) is 2.99. The van der Waals surface area contributed by atoms with E-state index in [0.717, 1.165) is 37.0 Å². The molecule has 2 N–H and O–H groups in total. The van der Waals surface area contributed by atoms with Gasteiger partial charge in [0.25, 0.3) is 0 Å². The van der Waals surface area contributed by atoms with E-state index in [2.05, 4.69) is 21.7 Å². The fraction of sp³-hybridized carbons (Fsp3) is 0.857. The van der Waals surface area contributed by atoms with Crippen molar-refractivity contribution in [3.05, 3.63) is 11.6 Å². The molecule has 0 saturated heterocycles. The summed E-state index contributed by atoms with van der Waals surface area (Å²) in [7, 11) is 0. The predicted octanol–water partition coefficient (Wildman–Crippen LogP) is 2.66. The van der Waals surface area contributed by atoms with Crippen LogP contribution in [0.5, 0.6) is 0 Å². The third-order valence-corrected chi connectivity index (χ3v) is 4.03. The Morgan fingerprint density at radius 2 is 1.89 bits per heavy atom. The zero-order chi connectivity index (χ0) is 12.8. The SMILES string of the molecule is CCCn1c(CN)nnc1CCC1CCCCC1. The summed E-state index contributed by atoms with van der Waals surface area (Å²) in [6, 6.07) is 0. The number of aromatic nitrogens is 3. The first-order chi connectivity index (χ1) is 8.85. The molecule has 1 aromatic heterocycles. The van der Waals surface area contributed by atoms with Crippen LogP contribution in [-0.4, -0.2) is 14.8 Å². The minimum Gasteiger partial charge on any atom is -0.324 e. The Kier molecular flexibility index (Phi) is 5.17. The zero-order valence-corrected chi connectivity index (χ0v) is 11.6. The van der Waals surface area contributed by atoms with Crippen molar-refractivity contribution in [1.29, 1.82) is 0 Å². The fourth-order valence-corrected chi connectivity index (χ4v) is 3.00. The predicted molar refractivity (Wildman–Crippen MR) is 73.1 cm³/mol. The van der Waals surface area contributed by atoms with Gasteiger partial charge >= 0.3 is 0 Å². The summed E-state index contributed by atoms with van der Waals surface area (Å²) in [4.78, 5) is 0. The Morgan fingerprint density at radius 1 is 1.17 bits per heavy atom. The van der Waals surface area contributed by atoms with Gasteiger partial charge in [0.1, 0.15) is 11.6 Å². The molecule has 1 heterocycles. The maximum absolute atomic E-state index is 5.71. The van der Waals surface area contributed by atoms with Crippen molar-refractivity contribution in [2.24, 2.45) is 11.7 Å². The first-order valence-electron chi connectivity index (χ1n) is 7.46. The van der Waals surface area contributed by atoms with E-state index in [1.54, 1.807) is 0 Å². The van der Waals surface area contributed by atoms with Crippen LogP contribution >= 0.6 is 0 Å². The van der Waals surface area contributed by atoms with Crippen LogP contribution in [0.2, 0.25) is 0 Å². The molecule has 1 aromatic rings. The van der Waals surface area contributed by atoms with Crippen LogP contribution in [0.1, 0.15) is 63.5 Å². The molecule has 4 heteroatoms. The molecule has 18 heavy (non-hydrogen) atoms. The molecule has 1 saturated carbocycles. The standard InChI is InChI=1S/C14H26N4/c1-2-10-18-13(16-17-14(18)11-15)9-8-12-6-4-3-5-7-12/h12H,2-11,15H2,1H3. The number of rotatable bonds is 6. The maximum Gasteiger partial charge on any atom is 0.146 e. The fourth-order valence-electron chi connectivity index (χ4n) is 3.00. The number of aryl methyl sites for hydroxylation is 1. The number of hydrogen-bond acceptors (Lipinski definition) is 3. The highest BCUT2D eigenvalue weighted by Gasteiger charge is 2.16. The highest BCUT2D eigenvalue weighted by atomic mass is 15.3. The van der Waals surface area contributed by atoms with Crippen LogP contribution in [0.4, 0.5) is 0 Å². The van der Waals surface area contributed by atoms with Gasteiger partial charge in [-0.1, -0.05) is 39.0 Å². The summed E-state index contributed by atoms with van der Waals surface area (Å²) >= 11 is 0. The average molecular weight is 250 g/mol. The van der Waals surface area contributed by atoms with Gasteiger partial charge in [-0.3, -0.25) is 0 Å². The molecule has 0 aromatic carbocycles. The number of hydrogen-bond donors (Lipinski definition) is 1. The van der Waals surface area contributed by atoms with Gasteiger partial charge < -0.3 is 10.3 Å². The highest BCUT2D eigenvalue weighted by molar-refractivity contribution is 4.96. The Morgan fingerprint density at radius 3 is 2.56 bits per heavy atom. The van der Waals surface area contributed by atoms with E-state index in [-0.39, 0.29) is 0 Å². The lowest BCUT2D eigenvalue weighted by Gasteiger charge is -2.21. The van der Waals surface area contributed by atoms with Crippen molar-refractivity contribution in [2.45, 2.75) is 71.4 Å². The van der Waals surface area contributed by atoms with Crippen molar-refractivity contribution in [2.75, 3.05) is 0 Å². The van der Waals surface area contributed by atoms with Crippen LogP contribution in [0, 0.1) is 5.92 Å². The molecule has 0 spiro atoms. The Balaban J connectivity index is 1.93. The van der Waals surface area contributed by atoms with Crippen LogP contribution in [0.3, 0.4) is 0 Å².